The summed E-state index contributed by atoms with van der Waals surface area (Å²) in [5, 5.41) is 9.04. The average Bonchev–Trinajstić information content (AvgIpc) is 2.59. The molecule has 112 valence electrons. The number of rotatable bonds is 7. The van der Waals surface area contributed by atoms with Gasteiger partial charge in [-0.1, -0.05) is 26.7 Å². The molecule has 1 fully saturated rings. The van der Waals surface area contributed by atoms with Gasteiger partial charge in [0.25, 0.3) is 0 Å². The van der Waals surface area contributed by atoms with E-state index in [9.17, 15) is 4.79 Å². The van der Waals surface area contributed by atoms with Gasteiger partial charge in [-0.05, 0) is 31.1 Å². The van der Waals surface area contributed by atoms with Gasteiger partial charge in [0.05, 0.1) is 13.2 Å². The second-order valence-corrected chi connectivity index (χ2v) is 6.02. The lowest BCUT2D eigenvalue weighted by Gasteiger charge is -2.29. The number of methoxy groups -OCH3 is 1. The van der Waals surface area contributed by atoms with Crippen molar-refractivity contribution in [2.24, 2.45) is 11.8 Å². The molecule has 0 aromatic heterocycles. The molecule has 1 saturated carbocycles. The van der Waals surface area contributed by atoms with Crippen LogP contribution >= 0.6 is 0 Å². The first-order valence-corrected chi connectivity index (χ1v) is 7.49. The highest BCUT2D eigenvalue weighted by atomic mass is 16.5. The molecule has 1 aliphatic carbocycles. The molecule has 0 aromatic carbocycles. The van der Waals surface area contributed by atoms with E-state index in [2.05, 4.69) is 18.7 Å². The molecule has 2 unspecified atom stereocenters. The third kappa shape index (κ3) is 5.91. The molecule has 2 atom stereocenters. The highest BCUT2D eigenvalue weighted by Gasteiger charge is 2.25. The van der Waals surface area contributed by atoms with Gasteiger partial charge in [0.15, 0.2) is 0 Å². The molecule has 0 amide bonds. The standard InChI is InChI=1S/C15H29NO3/c1-12(2)13-5-4-6-14(8-7-13)16(9-10-19-3)11-15(17)18/h12-14H,4-11H2,1-3H3,(H,17,18). The molecule has 0 aromatic rings. The van der Waals surface area contributed by atoms with E-state index in [0.717, 1.165) is 31.2 Å². The quantitative estimate of drug-likeness (QED) is 0.723. The lowest BCUT2D eigenvalue weighted by molar-refractivity contribution is -0.139. The smallest absolute Gasteiger partial charge is 0.317 e. The van der Waals surface area contributed by atoms with Crippen molar-refractivity contribution in [2.75, 3.05) is 26.8 Å². The van der Waals surface area contributed by atoms with Gasteiger partial charge in [0.1, 0.15) is 0 Å². The van der Waals surface area contributed by atoms with Crippen LogP contribution in [-0.2, 0) is 9.53 Å². The van der Waals surface area contributed by atoms with E-state index in [1.807, 2.05) is 0 Å². The van der Waals surface area contributed by atoms with Crippen LogP contribution in [0.15, 0.2) is 0 Å². The third-order valence-electron chi connectivity index (χ3n) is 4.36. The Hall–Kier alpha value is -0.610. The molecule has 0 saturated heterocycles. The van der Waals surface area contributed by atoms with E-state index in [4.69, 9.17) is 9.84 Å². The van der Waals surface area contributed by atoms with Crippen LogP contribution < -0.4 is 0 Å². The van der Waals surface area contributed by atoms with Crippen LogP contribution in [0.4, 0.5) is 0 Å². The molecule has 0 aliphatic heterocycles. The predicted molar refractivity (Wildman–Crippen MR) is 76.3 cm³/mol. The van der Waals surface area contributed by atoms with Crippen molar-refractivity contribution in [3.05, 3.63) is 0 Å². The Morgan fingerprint density at radius 3 is 2.63 bits per heavy atom. The second kappa shape index (κ2) is 8.54. The van der Waals surface area contributed by atoms with Crippen LogP contribution in [0, 0.1) is 11.8 Å². The topological polar surface area (TPSA) is 49.8 Å². The number of aliphatic carboxylic acids is 1. The molecule has 0 heterocycles. The largest absolute Gasteiger partial charge is 0.480 e. The summed E-state index contributed by atoms with van der Waals surface area (Å²) in [7, 11) is 1.67. The van der Waals surface area contributed by atoms with Gasteiger partial charge < -0.3 is 9.84 Å². The summed E-state index contributed by atoms with van der Waals surface area (Å²) in [6, 6.07) is 0.412. The molecule has 0 spiro atoms. The van der Waals surface area contributed by atoms with Crippen molar-refractivity contribution in [1.29, 1.82) is 0 Å². The molecule has 19 heavy (non-hydrogen) atoms. The first-order chi connectivity index (χ1) is 9.04. The van der Waals surface area contributed by atoms with Crippen LogP contribution in [0.5, 0.6) is 0 Å². The minimum absolute atomic E-state index is 0.139. The Morgan fingerprint density at radius 1 is 1.32 bits per heavy atom. The Bertz CT molecular complexity index is 268. The highest BCUT2D eigenvalue weighted by Crippen LogP contribution is 2.30. The summed E-state index contributed by atoms with van der Waals surface area (Å²) in [5.74, 6) is 0.811. The SMILES string of the molecule is COCCN(CC(=O)O)C1CCCC(C(C)C)CC1. The maximum Gasteiger partial charge on any atom is 0.317 e. The highest BCUT2D eigenvalue weighted by molar-refractivity contribution is 5.69. The summed E-state index contributed by atoms with van der Waals surface area (Å²) in [4.78, 5) is 13.1. The first kappa shape index (κ1) is 16.4. The fourth-order valence-corrected chi connectivity index (χ4v) is 3.12. The first-order valence-electron chi connectivity index (χ1n) is 7.49. The monoisotopic (exact) mass is 271 g/mol. The van der Waals surface area contributed by atoms with Crippen molar-refractivity contribution < 1.29 is 14.6 Å². The van der Waals surface area contributed by atoms with E-state index in [1.54, 1.807) is 7.11 Å². The number of nitrogens with zero attached hydrogens (tertiary/aromatic N) is 1. The van der Waals surface area contributed by atoms with Gasteiger partial charge in [-0.25, -0.2) is 0 Å². The van der Waals surface area contributed by atoms with Gasteiger partial charge in [0.2, 0.25) is 0 Å². The normalized spacial score (nSPS) is 24.7. The van der Waals surface area contributed by atoms with Crippen LogP contribution in [0.25, 0.3) is 0 Å². The molecular formula is C15H29NO3. The van der Waals surface area contributed by atoms with E-state index < -0.39 is 5.97 Å². The number of hydrogen-bond acceptors (Lipinski definition) is 3. The van der Waals surface area contributed by atoms with E-state index in [-0.39, 0.29) is 6.54 Å². The van der Waals surface area contributed by atoms with Crippen LogP contribution in [0.3, 0.4) is 0 Å². The predicted octanol–water partition coefficient (Wildman–Crippen LogP) is 2.62. The summed E-state index contributed by atoms with van der Waals surface area (Å²) in [6.07, 6.45) is 5.99. The maximum atomic E-state index is 11.0. The molecular weight excluding hydrogens is 242 g/mol. The zero-order chi connectivity index (χ0) is 14.3. The fraction of sp³-hybridized carbons (Fsp3) is 0.933. The lowest BCUT2D eigenvalue weighted by atomic mass is 9.89. The van der Waals surface area contributed by atoms with Crippen LogP contribution in [-0.4, -0.2) is 48.8 Å². The van der Waals surface area contributed by atoms with E-state index >= 15 is 0 Å². The minimum atomic E-state index is -0.735. The lowest BCUT2D eigenvalue weighted by Crippen LogP contribution is -2.41. The molecule has 1 aliphatic rings. The number of ether oxygens (including phenoxy) is 1. The van der Waals surface area contributed by atoms with E-state index in [0.29, 0.717) is 12.6 Å². The van der Waals surface area contributed by atoms with Crippen LogP contribution in [0.1, 0.15) is 46.0 Å². The number of carboxylic acids is 1. The molecule has 1 rings (SSSR count). The van der Waals surface area contributed by atoms with Crippen molar-refractivity contribution in [3.8, 4) is 0 Å². The maximum absolute atomic E-state index is 11.0. The van der Waals surface area contributed by atoms with Crippen molar-refractivity contribution in [2.45, 2.75) is 52.0 Å². The van der Waals surface area contributed by atoms with Gasteiger partial charge in [-0.3, -0.25) is 9.69 Å². The number of carboxylic acid groups (broad SMARTS) is 1. The zero-order valence-corrected chi connectivity index (χ0v) is 12.6. The molecule has 0 radical (unpaired) electrons. The third-order valence-corrected chi connectivity index (χ3v) is 4.36. The zero-order valence-electron chi connectivity index (χ0n) is 12.6. The second-order valence-electron chi connectivity index (χ2n) is 6.02. The Kier molecular flexibility index (Phi) is 7.39. The molecule has 1 N–H and O–H groups in total. The molecule has 0 bridgehead atoms. The number of carbonyl (C=O) groups is 1. The van der Waals surface area contributed by atoms with Crippen molar-refractivity contribution in [1.82, 2.24) is 4.90 Å². The van der Waals surface area contributed by atoms with Crippen molar-refractivity contribution in [3.63, 3.8) is 0 Å². The Morgan fingerprint density at radius 2 is 2.05 bits per heavy atom. The Labute approximate surface area is 117 Å². The Balaban J connectivity index is 2.55. The van der Waals surface area contributed by atoms with Crippen LogP contribution in [0.2, 0.25) is 0 Å². The summed E-state index contributed by atoms with van der Waals surface area (Å²) < 4.78 is 5.10. The fourth-order valence-electron chi connectivity index (χ4n) is 3.12. The van der Waals surface area contributed by atoms with Gasteiger partial charge in [0, 0.05) is 19.7 Å². The average molecular weight is 271 g/mol. The molecule has 4 nitrogen and oxygen atoms in total. The minimum Gasteiger partial charge on any atom is -0.480 e. The van der Waals surface area contributed by atoms with Gasteiger partial charge in [-0.2, -0.15) is 0 Å². The van der Waals surface area contributed by atoms with Gasteiger partial charge >= 0.3 is 5.97 Å². The summed E-state index contributed by atoms with van der Waals surface area (Å²) >= 11 is 0. The van der Waals surface area contributed by atoms with Gasteiger partial charge in [-0.15, -0.1) is 0 Å². The van der Waals surface area contributed by atoms with Crippen molar-refractivity contribution >= 4 is 5.97 Å². The van der Waals surface area contributed by atoms with E-state index in [1.165, 1.54) is 19.3 Å². The molecule has 4 heteroatoms. The summed E-state index contributed by atoms with van der Waals surface area (Å²) in [6.45, 7) is 6.06. The summed E-state index contributed by atoms with van der Waals surface area (Å²) in [5.41, 5.74) is 0. The number of hydrogen-bond donors (Lipinski definition) is 1.